The van der Waals surface area contributed by atoms with Crippen LogP contribution in [0.5, 0.6) is 5.75 Å². The summed E-state index contributed by atoms with van der Waals surface area (Å²) in [6, 6.07) is 8.72. The van der Waals surface area contributed by atoms with Crippen LogP contribution in [0, 0.1) is 0 Å². The SMILES string of the molecule is CCOc1ccc(S(N)(=O)=O)cc1-c1ccc(CN(C)C)s1. The van der Waals surface area contributed by atoms with Crippen molar-refractivity contribution in [2.24, 2.45) is 5.14 Å². The lowest BCUT2D eigenvalue weighted by atomic mass is 10.1. The first-order chi connectivity index (χ1) is 10.3. The van der Waals surface area contributed by atoms with Crippen LogP contribution < -0.4 is 9.88 Å². The van der Waals surface area contributed by atoms with Gasteiger partial charge in [-0.25, -0.2) is 13.6 Å². The molecule has 1 heterocycles. The number of nitrogens with zero attached hydrogens (tertiary/aromatic N) is 1. The van der Waals surface area contributed by atoms with Crippen LogP contribution in [0.25, 0.3) is 10.4 Å². The van der Waals surface area contributed by atoms with Crippen LogP contribution in [0.15, 0.2) is 35.2 Å². The van der Waals surface area contributed by atoms with Crippen molar-refractivity contribution in [3.05, 3.63) is 35.2 Å². The summed E-state index contributed by atoms with van der Waals surface area (Å²) in [6.07, 6.45) is 0. The molecule has 120 valence electrons. The molecule has 22 heavy (non-hydrogen) atoms. The highest BCUT2D eigenvalue weighted by atomic mass is 32.2. The first-order valence-electron chi connectivity index (χ1n) is 6.84. The van der Waals surface area contributed by atoms with E-state index in [0.29, 0.717) is 12.4 Å². The fourth-order valence-corrected chi connectivity index (χ4v) is 3.77. The number of hydrogen-bond acceptors (Lipinski definition) is 5. The summed E-state index contributed by atoms with van der Waals surface area (Å²) < 4.78 is 28.7. The standard InChI is InChI=1S/C15H20N2O3S2/c1-4-20-14-7-6-12(22(16,18)19)9-13(14)15-8-5-11(21-15)10-17(2)3/h5-9H,4,10H2,1-3H3,(H2,16,18,19). The number of sulfonamides is 1. The average molecular weight is 340 g/mol. The minimum absolute atomic E-state index is 0.0912. The molecule has 1 aromatic carbocycles. The maximum Gasteiger partial charge on any atom is 0.238 e. The summed E-state index contributed by atoms with van der Waals surface area (Å²) >= 11 is 1.62. The molecule has 1 aromatic heterocycles. The van der Waals surface area contributed by atoms with Gasteiger partial charge in [-0.15, -0.1) is 11.3 Å². The monoisotopic (exact) mass is 340 g/mol. The van der Waals surface area contributed by atoms with Crippen molar-refractivity contribution in [3.63, 3.8) is 0 Å². The first kappa shape index (κ1) is 17.0. The van der Waals surface area contributed by atoms with Gasteiger partial charge < -0.3 is 9.64 Å². The van der Waals surface area contributed by atoms with E-state index in [2.05, 4.69) is 4.90 Å². The molecule has 0 fully saturated rings. The Morgan fingerprint density at radius 3 is 2.55 bits per heavy atom. The first-order valence-corrected chi connectivity index (χ1v) is 9.21. The van der Waals surface area contributed by atoms with E-state index in [1.807, 2.05) is 33.2 Å². The van der Waals surface area contributed by atoms with Crippen LogP contribution in [-0.4, -0.2) is 34.0 Å². The fraction of sp³-hybridized carbons (Fsp3) is 0.333. The molecule has 0 aliphatic heterocycles. The highest BCUT2D eigenvalue weighted by Gasteiger charge is 2.15. The Kier molecular flexibility index (Phi) is 5.23. The van der Waals surface area contributed by atoms with E-state index >= 15 is 0 Å². The topological polar surface area (TPSA) is 72.6 Å². The molecular formula is C15H20N2O3S2. The van der Waals surface area contributed by atoms with E-state index in [1.54, 1.807) is 23.5 Å². The molecule has 0 saturated carbocycles. The number of benzene rings is 1. The van der Waals surface area contributed by atoms with Crippen LogP contribution in [0.4, 0.5) is 0 Å². The molecule has 2 N–H and O–H groups in total. The molecule has 2 aromatic rings. The van der Waals surface area contributed by atoms with Crippen molar-refractivity contribution in [2.75, 3.05) is 20.7 Å². The molecule has 0 aliphatic carbocycles. The number of hydrogen-bond donors (Lipinski definition) is 1. The van der Waals surface area contributed by atoms with Crippen LogP contribution in [0.1, 0.15) is 11.8 Å². The Hall–Kier alpha value is -1.41. The number of ether oxygens (including phenoxy) is 1. The molecule has 2 rings (SSSR count). The van der Waals surface area contributed by atoms with E-state index in [1.165, 1.54) is 10.9 Å². The van der Waals surface area contributed by atoms with Crippen molar-refractivity contribution >= 4 is 21.4 Å². The van der Waals surface area contributed by atoms with Gasteiger partial charge in [0.05, 0.1) is 11.5 Å². The van der Waals surface area contributed by atoms with E-state index in [-0.39, 0.29) is 4.90 Å². The lowest BCUT2D eigenvalue weighted by Gasteiger charge is -2.10. The Balaban J connectivity index is 2.48. The number of primary sulfonamides is 1. The van der Waals surface area contributed by atoms with Gasteiger partial charge in [0.15, 0.2) is 0 Å². The predicted octanol–water partition coefficient (Wildman–Crippen LogP) is 2.52. The van der Waals surface area contributed by atoms with Gasteiger partial charge >= 0.3 is 0 Å². The number of thiophene rings is 1. The van der Waals surface area contributed by atoms with E-state index in [0.717, 1.165) is 17.0 Å². The molecule has 0 saturated heterocycles. The Morgan fingerprint density at radius 1 is 1.23 bits per heavy atom. The minimum Gasteiger partial charge on any atom is -0.493 e. The Bertz CT molecular complexity index is 752. The van der Waals surface area contributed by atoms with Gasteiger partial charge in [0.1, 0.15) is 5.75 Å². The van der Waals surface area contributed by atoms with Crippen LogP contribution in [0.2, 0.25) is 0 Å². The maximum atomic E-state index is 11.6. The summed E-state index contributed by atoms with van der Waals surface area (Å²) in [4.78, 5) is 4.34. The number of nitrogens with two attached hydrogens (primary N) is 1. The molecular weight excluding hydrogens is 320 g/mol. The third-order valence-corrected chi connectivity index (χ3v) is 4.99. The summed E-state index contributed by atoms with van der Waals surface area (Å²) in [6.45, 7) is 3.24. The lowest BCUT2D eigenvalue weighted by molar-refractivity contribution is 0.341. The summed E-state index contributed by atoms with van der Waals surface area (Å²) in [5, 5.41) is 5.23. The van der Waals surface area contributed by atoms with Gasteiger partial charge in [-0.05, 0) is 51.4 Å². The largest absolute Gasteiger partial charge is 0.493 e. The highest BCUT2D eigenvalue weighted by Crippen LogP contribution is 2.36. The smallest absolute Gasteiger partial charge is 0.238 e. The van der Waals surface area contributed by atoms with E-state index < -0.39 is 10.0 Å². The van der Waals surface area contributed by atoms with Crippen LogP contribution >= 0.6 is 11.3 Å². The lowest BCUT2D eigenvalue weighted by Crippen LogP contribution is -2.12. The predicted molar refractivity (Wildman–Crippen MR) is 89.7 cm³/mol. The summed E-state index contributed by atoms with van der Waals surface area (Å²) in [5.74, 6) is 0.660. The maximum absolute atomic E-state index is 11.6. The van der Waals surface area contributed by atoms with Crippen molar-refractivity contribution in [1.82, 2.24) is 4.90 Å². The summed E-state index contributed by atoms with van der Waals surface area (Å²) in [5.41, 5.74) is 0.753. The quantitative estimate of drug-likeness (QED) is 0.877. The normalized spacial score (nSPS) is 11.9. The summed E-state index contributed by atoms with van der Waals surface area (Å²) in [7, 11) is 0.277. The zero-order valence-corrected chi connectivity index (χ0v) is 14.5. The van der Waals surface area contributed by atoms with E-state index in [4.69, 9.17) is 9.88 Å². The van der Waals surface area contributed by atoms with Crippen LogP contribution in [-0.2, 0) is 16.6 Å². The second kappa shape index (κ2) is 6.78. The van der Waals surface area contributed by atoms with Crippen molar-refractivity contribution < 1.29 is 13.2 Å². The van der Waals surface area contributed by atoms with Gasteiger partial charge in [0.25, 0.3) is 0 Å². The molecule has 0 bridgehead atoms. The highest BCUT2D eigenvalue weighted by molar-refractivity contribution is 7.89. The molecule has 0 aliphatic rings. The van der Waals surface area contributed by atoms with Crippen molar-refractivity contribution in [2.45, 2.75) is 18.4 Å². The molecule has 0 unspecified atom stereocenters. The Morgan fingerprint density at radius 2 is 1.95 bits per heavy atom. The fourth-order valence-electron chi connectivity index (χ4n) is 2.08. The second-order valence-corrected chi connectivity index (χ2v) is 7.87. The zero-order chi connectivity index (χ0) is 16.3. The van der Waals surface area contributed by atoms with Crippen molar-refractivity contribution in [3.8, 4) is 16.2 Å². The van der Waals surface area contributed by atoms with Gasteiger partial charge in [0.2, 0.25) is 10.0 Å². The van der Waals surface area contributed by atoms with Gasteiger partial charge in [-0.2, -0.15) is 0 Å². The second-order valence-electron chi connectivity index (χ2n) is 5.14. The average Bonchev–Trinajstić information content (AvgIpc) is 2.85. The van der Waals surface area contributed by atoms with Crippen molar-refractivity contribution in [1.29, 1.82) is 0 Å². The molecule has 0 amide bonds. The molecule has 5 nitrogen and oxygen atoms in total. The number of rotatable bonds is 6. The van der Waals surface area contributed by atoms with Crippen LogP contribution in [0.3, 0.4) is 0 Å². The third-order valence-electron chi connectivity index (χ3n) is 2.98. The van der Waals surface area contributed by atoms with E-state index in [9.17, 15) is 8.42 Å². The Labute approximate surface area is 135 Å². The zero-order valence-electron chi connectivity index (χ0n) is 12.9. The van der Waals surface area contributed by atoms with Gasteiger partial charge in [0, 0.05) is 21.9 Å². The molecule has 0 radical (unpaired) electrons. The molecule has 0 spiro atoms. The minimum atomic E-state index is -3.74. The third kappa shape index (κ3) is 4.07. The van der Waals surface area contributed by atoms with Gasteiger partial charge in [-0.3, -0.25) is 0 Å². The molecule has 0 atom stereocenters. The van der Waals surface area contributed by atoms with Gasteiger partial charge in [-0.1, -0.05) is 0 Å². The molecule has 7 heteroatoms.